The lowest BCUT2D eigenvalue weighted by Crippen LogP contribution is -2.20. The molecule has 1 unspecified atom stereocenters. The number of methoxy groups -OCH3 is 1. The van der Waals surface area contributed by atoms with Gasteiger partial charge in [0.15, 0.2) is 0 Å². The molecule has 1 atom stereocenters. The molecule has 7 heteroatoms. The fourth-order valence-corrected chi connectivity index (χ4v) is 4.32. The van der Waals surface area contributed by atoms with Crippen LogP contribution in [-0.2, 0) is 6.42 Å². The van der Waals surface area contributed by atoms with Gasteiger partial charge in [-0.25, -0.2) is 0 Å². The van der Waals surface area contributed by atoms with E-state index in [-0.39, 0.29) is 11.8 Å². The lowest BCUT2D eigenvalue weighted by atomic mass is 9.87. The molecule has 0 saturated heterocycles. The van der Waals surface area contributed by atoms with Crippen molar-refractivity contribution in [3.05, 3.63) is 63.2 Å². The average Bonchev–Trinajstić information content (AvgIpc) is 3.34. The third-order valence-electron chi connectivity index (χ3n) is 4.63. The zero-order chi connectivity index (χ0) is 19.0. The van der Waals surface area contributed by atoms with Gasteiger partial charge in [0.1, 0.15) is 17.4 Å². The number of aryl methyl sites for hydroxylation is 1. The molecule has 136 valence electrons. The molecule has 0 amide bonds. The summed E-state index contributed by atoms with van der Waals surface area (Å²) in [5, 5.41) is 17.1. The second-order valence-electron chi connectivity index (χ2n) is 6.13. The minimum absolute atomic E-state index is 0.106. The fraction of sp³-hybridized carbons (Fsp3) is 0.200. The predicted octanol–water partition coefficient (Wildman–Crippen LogP) is 3.93. The second-order valence-corrected chi connectivity index (χ2v) is 7.33. The molecule has 3 N–H and O–H groups in total. The normalized spacial score (nSPS) is 15.8. The molecule has 1 aromatic carbocycles. The number of nitriles is 1. The third kappa shape index (κ3) is 2.84. The van der Waals surface area contributed by atoms with Crippen molar-refractivity contribution >= 4 is 11.3 Å². The van der Waals surface area contributed by atoms with E-state index in [1.165, 1.54) is 4.88 Å². The zero-order valence-electron chi connectivity index (χ0n) is 14.9. The number of nitrogens with zero attached hydrogens (tertiary/aromatic N) is 2. The van der Waals surface area contributed by atoms with Crippen molar-refractivity contribution in [2.24, 2.45) is 5.73 Å². The first kappa shape index (κ1) is 17.2. The lowest BCUT2D eigenvalue weighted by Gasteiger charge is -2.22. The number of thiophene rings is 1. The summed E-state index contributed by atoms with van der Waals surface area (Å²) in [5.41, 5.74) is 9.00. The van der Waals surface area contributed by atoms with Crippen molar-refractivity contribution in [3.63, 3.8) is 0 Å². The summed E-state index contributed by atoms with van der Waals surface area (Å²) in [5.74, 6) is 0.982. The lowest BCUT2D eigenvalue weighted by molar-refractivity contribution is 0.379. The number of fused-ring (bicyclic) bond motifs is 1. The van der Waals surface area contributed by atoms with Crippen molar-refractivity contribution in [3.8, 4) is 29.0 Å². The Bertz CT molecular complexity index is 1060. The summed E-state index contributed by atoms with van der Waals surface area (Å²) in [6, 6.07) is 14.0. The van der Waals surface area contributed by atoms with E-state index in [9.17, 15) is 5.26 Å². The maximum Gasteiger partial charge on any atom is 0.244 e. The van der Waals surface area contributed by atoms with E-state index in [1.807, 2.05) is 24.3 Å². The van der Waals surface area contributed by atoms with E-state index in [4.69, 9.17) is 15.2 Å². The van der Waals surface area contributed by atoms with Crippen LogP contribution in [0.1, 0.15) is 28.2 Å². The Balaban J connectivity index is 1.88. The molecule has 27 heavy (non-hydrogen) atoms. The Kier molecular flexibility index (Phi) is 4.34. The highest BCUT2D eigenvalue weighted by molar-refractivity contribution is 7.12. The van der Waals surface area contributed by atoms with Gasteiger partial charge in [-0.3, -0.25) is 5.10 Å². The van der Waals surface area contributed by atoms with E-state index in [1.54, 1.807) is 18.4 Å². The highest BCUT2D eigenvalue weighted by atomic mass is 32.1. The standard InChI is InChI=1S/C20H18N4O2S/c1-3-13-8-9-15(27-13)16-14(10-21)19(22)26-20-17(16)18(23-24-20)11-4-6-12(25-2)7-5-11/h4-9,16H,3,22H2,1-2H3,(H,23,24). The molecular formula is C20H18N4O2S. The maximum atomic E-state index is 9.74. The van der Waals surface area contributed by atoms with E-state index in [0.29, 0.717) is 11.5 Å². The molecule has 0 bridgehead atoms. The number of aromatic amines is 1. The summed E-state index contributed by atoms with van der Waals surface area (Å²) < 4.78 is 10.9. The first-order valence-corrected chi connectivity index (χ1v) is 9.36. The van der Waals surface area contributed by atoms with Gasteiger partial charge in [-0.1, -0.05) is 6.92 Å². The van der Waals surface area contributed by atoms with Gasteiger partial charge >= 0.3 is 0 Å². The number of rotatable bonds is 4. The summed E-state index contributed by atoms with van der Waals surface area (Å²) in [6.45, 7) is 2.11. The monoisotopic (exact) mass is 378 g/mol. The van der Waals surface area contributed by atoms with Crippen LogP contribution in [-0.4, -0.2) is 17.3 Å². The average molecular weight is 378 g/mol. The van der Waals surface area contributed by atoms with Gasteiger partial charge in [0, 0.05) is 15.3 Å². The van der Waals surface area contributed by atoms with Gasteiger partial charge in [0.2, 0.25) is 11.8 Å². The largest absolute Gasteiger partial charge is 0.497 e. The van der Waals surface area contributed by atoms with Crippen LogP contribution in [0.2, 0.25) is 0 Å². The highest BCUT2D eigenvalue weighted by Crippen LogP contribution is 2.47. The molecule has 0 radical (unpaired) electrons. The molecule has 0 spiro atoms. The Labute approximate surface area is 160 Å². The number of hydrogen-bond donors (Lipinski definition) is 2. The van der Waals surface area contributed by atoms with Gasteiger partial charge in [-0.15, -0.1) is 16.4 Å². The second kappa shape index (κ2) is 6.82. The van der Waals surface area contributed by atoms with Crippen LogP contribution in [0.15, 0.2) is 47.9 Å². The quantitative estimate of drug-likeness (QED) is 0.717. The molecule has 6 nitrogen and oxygen atoms in total. The van der Waals surface area contributed by atoms with Crippen LogP contribution in [0.5, 0.6) is 11.6 Å². The SMILES string of the molecule is CCc1ccc(C2C(C#N)=C(N)Oc3n[nH]c(-c4ccc(OC)cc4)c32)s1. The van der Waals surface area contributed by atoms with Crippen LogP contribution in [0.25, 0.3) is 11.3 Å². The topological polar surface area (TPSA) is 97.0 Å². The number of nitrogens with two attached hydrogens (primary N) is 1. The summed E-state index contributed by atoms with van der Waals surface area (Å²) in [6.07, 6.45) is 0.943. The first-order chi connectivity index (χ1) is 13.2. The minimum atomic E-state index is -0.306. The van der Waals surface area contributed by atoms with Crippen molar-refractivity contribution in [1.29, 1.82) is 5.26 Å². The molecule has 0 aliphatic carbocycles. The third-order valence-corrected chi connectivity index (χ3v) is 5.93. The molecule has 1 aliphatic heterocycles. The van der Waals surface area contributed by atoms with E-state index in [2.05, 4.69) is 35.3 Å². The van der Waals surface area contributed by atoms with Gasteiger partial charge in [-0.05, 0) is 42.8 Å². The number of hydrogen-bond acceptors (Lipinski definition) is 6. The fourth-order valence-electron chi connectivity index (χ4n) is 3.25. The molecule has 3 aromatic rings. The molecule has 4 rings (SSSR count). The van der Waals surface area contributed by atoms with Crippen molar-refractivity contribution in [2.45, 2.75) is 19.3 Å². The van der Waals surface area contributed by atoms with Crippen LogP contribution >= 0.6 is 11.3 Å². The van der Waals surface area contributed by atoms with Crippen molar-refractivity contribution in [2.75, 3.05) is 7.11 Å². The van der Waals surface area contributed by atoms with E-state index in [0.717, 1.165) is 33.9 Å². The Morgan fingerprint density at radius 2 is 2.07 bits per heavy atom. The summed E-state index contributed by atoms with van der Waals surface area (Å²) in [4.78, 5) is 2.30. The number of aromatic nitrogens is 2. The van der Waals surface area contributed by atoms with Crippen molar-refractivity contribution in [1.82, 2.24) is 10.2 Å². The molecule has 3 heterocycles. The van der Waals surface area contributed by atoms with Crippen molar-refractivity contribution < 1.29 is 9.47 Å². The summed E-state index contributed by atoms with van der Waals surface area (Å²) in [7, 11) is 1.63. The Morgan fingerprint density at radius 3 is 2.70 bits per heavy atom. The van der Waals surface area contributed by atoms with Gasteiger partial charge in [0.25, 0.3) is 0 Å². The number of benzene rings is 1. The summed E-state index contributed by atoms with van der Waals surface area (Å²) >= 11 is 1.68. The number of H-pyrrole nitrogens is 1. The smallest absolute Gasteiger partial charge is 0.244 e. The number of nitrogens with one attached hydrogen (secondary N) is 1. The van der Waals surface area contributed by atoms with E-state index >= 15 is 0 Å². The van der Waals surface area contributed by atoms with Crippen LogP contribution < -0.4 is 15.2 Å². The zero-order valence-corrected chi connectivity index (χ0v) is 15.8. The minimum Gasteiger partial charge on any atom is -0.497 e. The molecule has 0 fully saturated rings. The first-order valence-electron chi connectivity index (χ1n) is 8.55. The number of allylic oxidation sites excluding steroid dienone is 1. The predicted molar refractivity (Wildman–Crippen MR) is 104 cm³/mol. The van der Waals surface area contributed by atoms with Crippen LogP contribution in [0, 0.1) is 11.3 Å². The van der Waals surface area contributed by atoms with Gasteiger partial charge in [0.05, 0.1) is 24.3 Å². The molecule has 0 saturated carbocycles. The molecule has 2 aromatic heterocycles. The van der Waals surface area contributed by atoms with Crippen LogP contribution in [0.4, 0.5) is 0 Å². The van der Waals surface area contributed by atoms with Crippen LogP contribution in [0.3, 0.4) is 0 Å². The highest BCUT2D eigenvalue weighted by Gasteiger charge is 2.36. The molecule has 1 aliphatic rings. The Morgan fingerprint density at radius 1 is 1.30 bits per heavy atom. The van der Waals surface area contributed by atoms with Gasteiger partial charge in [-0.2, -0.15) is 5.26 Å². The van der Waals surface area contributed by atoms with E-state index < -0.39 is 0 Å². The Hall–Kier alpha value is -3.24. The molecular weight excluding hydrogens is 360 g/mol. The number of ether oxygens (including phenoxy) is 2. The van der Waals surface area contributed by atoms with Gasteiger partial charge < -0.3 is 15.2 Å². The maximum absolute atomic E-state index is 9.74.